The van der Waals surface area contributed by atoms with Gasteiger partial charge in [-0.25, -0.2) is 0 Å². The molecule has 1 aliphatic heterocycles. The second kappa shape index (κ2) is 9.13. The van der Waals surface area contributed by atoms with Crippen molar-refractivity contribution in [3.05, 3.63) is 54.6 Å². The molecule has 5 heteroatoms. The zero-order chi connectivity index (χ0) is 18.2. The van der Waals surface area contributed by atoms with E-state index in [1.807, 2.05) is 48.5 Å². The number of rotatable bonds is 8. The highest BCUT2D eigenvalue weighted by molar-refractivity contribution is 5.76. The van der Waals surface area contributed by atoms with Gasteiger partial charge in [-0.2, -0.15) is 0 Å². The lowest BCUT2D eigenvalue weighted by atomic mass is 10.1. The highest BCUT2D eigenvalue weighted by atomic mass is 16.5. The Balaban J connectivity index is 1.38. The largest absolute Gasteiger partial charge is 0.495 e. The summed E-state index contributed by atoms with van der Waals surface area (Å²) in [4.78, 5) is 14.3. The summed E-state index contributed by atoms with van der Waals surface area (Å²) >= 11 is 0. The second-order valence-electron chi connectivity index (χ2n) is 6.49. The van der Waals surface area contributed by atoms with Gasteiger partial charge in [0.05, 0.1) is 25.8 Å². The van der Waals surface area contributed by atoms with Gasteiger partial charge in [-0.3, -0.25) is 4.79 Å². The van der Waals surface area contributed by atoms with Gasteiger partial charge < -0.3 is 19.7 Å². The number of ether oxygens (including phenoxy) is 2. The summed E-state index contributed by atoms with van der Waals surface area (Å²) in [7, 11) is 1.70. The van der Waals surface area contributed by atoms with Crippen molar-refractivity contribution < 1.29 is 14.3 Å². The first-order valence-electron chi connectivity index (χ1n) is 9.09. The minimum Gasteiger partial charge on any atom is -0.495 e. The van der Waals surface area contributed by atoms with Crippen LogP contribution in [0.4, 0.5) is 5.69 Å². The van der Waals surface area contributed by atoms with E-state index in [-0.39, 0.29) is 5.91 Å². The number of nitrogens with zero attached hydrogens (tertiary/aromatic N) is 1. The predicted molar refractivity (Wildman–Crippen MR) is 103 cm³/mol. The van der Waals surface area contributed by atoms with Crippen molar-refractivity contribution in [2.45, 2.75) is 12.8 Å². The fourth-order valence-corrected chi connectivity index (χ4v) is 3.23. The van der Waals surface area contributed by atoms with Crippen LogP contribution in [-0.4, -0.2) is 39.3 Å². The maximum Gasteiger partial charge on any atom is 0.223 e. The van der Waals surface area contributed by atoms with Gasteiger partial charge in [-0.1, -0.05) is 30.3 Å². The highest BCUT2D eigenvalue weighted by Crippen LogP contribution is 2.31. The summed E-state index contributed by atoms with van der Waals surface area (Å²) in [5.74, 6) is 2.19. The van der Waals surface area contributed by atoms with Crippen LogP contribution in [0.25, 0.3) is 0 Å². The van der Waals surface area contributed by atoms with E-state index in [0.29, 0.717) is 25.5 Å². The highest BCUT2D eigenvalue weighted by Gasteiger charge is 2.24. The van der Waals surface area contributed by atoms with Crippen LogP contribution >= 0.6 is 0 Å². The third-order valence-electron chi connectivity index (χ3n) is 4.64. The zero-order valence-corrected chi connectivity index (χ0v) is 15.2. The Hall–Kier alpha value is -2.69. The van der Waals surface area contributed by atoms with Crippen molar-refractivity contribution in [2.75, 3.05) is 38.3 Å². The van der Waals surface area contributed by atoms with Crippen molar-refractivity contribution in [1.82, 2.24) is 5.32 Å². The number of carbonyl (C=O) groups is 1. The van der Waals surface area contributed by atoms with Gasteiger partial charge in [-0.05, 0) is 36.6 Å². The number of benzene rings is 2. The normalized spacial score (nSPS) is 16.3. The number of nitrogens with one attached hydrogen (secondary N) is 1. The van der Waals surface area contributed by atoms with E-state index in [9.17, 15) is 4.79 Å². The number of para-hydroxylation sites is 3. The quantitative estimate of drug-likeness (QED) is 0.791. The lowest BCUT2D eigenvalue weighted by Gasteiger charge is -2.21. The molecule has 2 aromatic carbocycles. The average Bonchev–Trinajstić information content (AvgIpc) is 3.16. The van der Waals surface area contributed by atoms with Crippen molar-refractivity contribution >= 4 is 11.6 Å². The van der Waals surface area contributed by atoms with E-state index in [1.165, 1.54) is 0 Å². The van der Waals surface area contributed by atoms with E-state index in [0.717, 1.165) is 36.7 Å². The molecule has 0 radical (unpaired) electrons. The summed E-state index contributed by atoms with van der Waals surface area (Å²) in [5.41, 5.74) is 1.13. The fraction of sp³-hybridized carbons (Fsp3) is 0.381. The summed E-state index contributed by atoms with van der Waals surface area (Å²) < 4.78 is 11.0. The molecule has 0 aromatic heterocycles. The molecule has 26 heavy (non-hydrogen) atoms. The number of hydrogen-bond acceptors (Lipinski definition) is 4. The van der Waals surface area contributed by atoms with Gasteiger partial charge in [-0.15, -0.1) is 0 Å². The van der Waals surface area contributed by atoms with Crippen LogP contribution in [0.15, 0.2) is 54.6 Å². The lowest BCUT2D eigenvalue weighted by molar-refractivity contribution is -0.121. The molecule has 1 aliphatic rings. The molecule has 0 spiro atoms. The van der Waals surface area contributed by atoms with Gasteiger partial charge in [0.2, 0.25) is 5.91 Å². The molecule has 2 aromatic rings. The Kier molecular flexibility index (Phi) is 6.36. The molecular formula is C21H26N2O3. The molecule has 1 fully saturated rings. The monoisotopic (exact) mass is 354 g/mol. The molecule has 1 saturated heterocycles. The Bertz CT molecular complexity index is 705. The molecule has 1 unspecified atom stereocenters. The maximum atomic E-state index is 12.0. The number of amides is 1. The standard InChI is InChI=1S/C21H26N2O3/c1-25-20-10-6-5-9-19(20)23-13-11-17(16-23)15-22-21(24)12-14-26-18-7-3-2-4-8-18/h2-10,17H,11-16H2,1H3,(H,22,24). The van der Waals surface area contributed by atoms with Crippen LogP contribution in [0.5, 0.6) is 11.5 Å². The van der Waals surface area contributed by atoms with E-state index in [4.69, 9.17) is 9.47 Å². The molecule has 3 rings (SSSR count). The molecule has 0 aliphatic carbocycles. The molecule has 1 N–H and O–H groups in total. The van der Waals surface area contributed by atoms with Crippen molar-refractivity contribution in [3.63, 3.8) is 0 Å². The summed E-state index contributed by atoms with van der Waals surface area (Å²) in [5, 5.41) is 3.03. The minimum atomic E-state index is 0.0386. The molecule has 1 heterocycles. The van der Waals surface area contributed by atoms with Crippen molar-refractivity contribution in [3.8, 4) is 11.5 Å². The molecule has 1 atom stereocenters. The van der Waals surface area contributed by atoms with Crippen molar-refractivity contribution in [2.24, 2.45) is 5.92 Å². The van der Waals surface area contributed by atoms with Crippen LogP contribution in [0.2, 0.25) is 0 Å². The summed E-state index contributed by atoms with van der Waals surface area (Å²) in [6.07, 6.45) is 1.44. The average molecular weight is 354 g/mol. The molecule has 1 amide bonds. The second-order valence-corrected chi connectivity index (χ2v) is 6.49. The number of methoxy groups -OCH3 is 1. The Morgan fingerprint density at radius 3 is 2.73 bits per heavy atom. The van der Waals surface area contributed by atoms with Gasteiger partial charge in [0.25, 0.3) is 0 Å². The maximum absolute atomic E-state index is 12.0. The summed E-state index contributed by atoms with van der Waals surface area (Å²) in [6, 6.07) is 17.6. The number of hydrogen-bond donors (Lipinski definition) is 1. The van der Waals surface area contributed by atoms with Gasteiger partial charge in [0.1, 0.15) is 11.5 Å². The van der Waals surface area contributed by atoms with Crippen LogP contribution in [0.3, 0.4) is 0 Å². The van der Waals surface area contributed by atoms with Gasteiger partial charge >= 0.3 is 0 Å². The first-order valence-corrected chi connectivity index (χ1v) is 9.09. The third-order valence-corrected chi connectivity index (χ3v) is 4.64. The Morgan fingerprint density at radius 1 is 1.15 bits per heavy atom. The SMILES string of the molecule is COc1ccccc1N1CCC(CNC(=O)CCOc2ccccc2)C1. The fourth-order valence-electron chi connectivity index (χ4n) is 3.23. The van der Waals surface area contributed by atoms with E-state index < -0.39 is 0 Å². The molecule has 0 saturated carbocycles. The topological polar surface area (TPSA) is 50.8 Å². The minimum absolute atomic E-state index is 0.0386. The number of anilines is 1. The molecule has 5 nitrogen and oxygen atoms in total. The molecular weight excluding hydrogens is 328 g/mol. The van der Waals surface area contributed by atoms with E-state index in [1.54, 1.807) is 7.11 Å². The molecule has 138 valence electrons. The van der Waals surface area contributed by atoms with Crippen molar-refractivity contribution in [1.29, 1.82) is 0 Å². The van der Waals surface area contributed by atoms with E-state index >= 15 is 0 Å². The van der Waals surface area contributed by atoms with E-state index in [2.05, 4.69) is 16.3 Å². The Labute approximate surface area is 154 Å². The number of carbonyl (C=O) groups excluding carboxylic acids is 1. The van der Waals surface area contributed by atoms with Gasteiger partial charge in [0, 0.05) is 19.6 Å². The predicted octanol–water partition coefficient (Wildman–Crippen LogP) is 3.11. The first kappa shape index (κ1) is 18.1. The van der Waals surface area contributed by atoms with Crippen LogP contribution in [0, 0.1) is 5.92 Å². The molecule has 0 bridgehead atoms. The smallest absolute Gasteiger partial charge is 0.223 e. The zero-order valence-electron chi connectivity index (χ0n) is 15.2. The third kappa shape index (κ3) is 4.91. The van der Waals surface area contributed by atoms with Crippen LogP contribution in [0.1, 0.15) is 12.8 Å². The Morgan fingerprint density at radius 2 is 1.92 bits per heavy atom. The first-order chi connectivity index (χ1) is 12.8. The van der Waals surface area contributed by atoms with Crippen LogP contribution < -0.4 is 19.7 Å². The lowest BCUT2D eigenvalue weighted by Crippen LogP contribution is -2.31. The van der Waals surface area contributed by atoms with Gasteiger partial charge in [0.15, 0.2) is 0 Å². The summed E-state index contributed by atoms with van der Waals surface area (Å²) in [6.45, 7) is 3.02. The van der Waals surface area contributed by atoms with Crippen LogP contribution in [-0.2, 0) is 4.79 Å².